The summed E-state index contributed by atoms with van der Waals surface area (Å²) in [7, 11) is 0. The van der Waals surface area contributed by atoms with Crippen LogP contribution in [0.1, 0.15) is 31.4 Å². The Morgan fingerprint density at radius 2 is 1.79 bits per heavy atom. The van der Waals surface area contributed by atoms with Crippen LogP contribution in [0, 0.1) is 12.8 Å². The molecule has 0 spiro atoms. The van der Waals surface area contributed by atoms with Crippen LogP contribution in [0.5, 0.6) is 0 Å². The molecule has 4 heteroatoms. The summed E-state index contributed by atoms with van der Waals surface area (Å²) in [5.74, 6) is -1.01. The van der Waals surface area contributed by atoms with Crippen molar-refractivity contribution in [1.82, 2.24) is 5.32 Å². The van der Waals surface area contributed by atoms with E-state index in [2.05, 4.69) is 5.32 Å². The number of carboxylic acid groups (broad SMARTS) is 1. The Morgan fingerprint density at radius 3 is 2.26 bits per heavy atom. The fourth-order valence-corrected chi connectivity index (χ4v) is 1.83. The van der Waals surface area contributed by atoms with Crippen molar-refractivity contribution in [3.05, 3.63) is 35.4 Å². The molecular weight excluding hydrogens is 242 g/mol. The molecule has 0 saturated heterocycles. The Balaban J connectivity index is 2.57. The summed E-state index contributed by atoms with van der Waals surface area (Å²) in [5, 5.41) is 11.6. The van der Waals surface area contributed by atoms with E-state index in [4.69, 9.17) is 5.11 Å². The first kappa shape index (κ1) is 15.2. The molecule has 0 heterocycles. The summed E-state index contributed by atoms with van der Waals surface area (Å²) in [4.78, 5) is 22.9. The normalized spacial score (nSPS) is 12.2. The average molecular weight is 263 g/mol. The molecule has 1 rings (SSSR count). The molecule has 1 amide bonds. The van der Waals surface area contributed by atoms with E-state index in [1.165, 1.54) is 0 Å². The van der Waals surface area contributed by atoms with Crippen molar-refractivity contribution < 1.29 is 14.7 Å². The van der Waals surface area contributed by atoms with E-state index in [1.807, 2.05) is 45.0 Å². The van der Waals surface area contributed by atoms with Gasteiger partial charge in [-0.2, -0.15) is 0 Å². The van der Waals surface area contributed by atoms with E-state index in [1.54, 1.807) is 0 Å². The van der Waals surface area contributed by atoms with Gasteiger partial charge in [0, 0.05) is 0 Å². The van der Waals surface area contributed by atoms with E-state index in [0.29, 0.717) is 6.42 Å². The third-order valence-corrected chi connectivity index (χ3v) is 2.83. The molecule has 1 aromatic rings. The second-order valence-corrected chi connectivity index (χ2v) is 5.25. The number of carboxylic acids is 1. The van der Waals surface area contributed by atoms with Crippen molar-refractivity contribution in [3.8, 4) is 0 Å². The Hall–Kier alpha value is -1.84. The quantitative estimate of drug-likeness (QED) is 0.826. The minimum Gasteiger partial charge on any atom is -0.480 e. The lowest BCUT2D eigenvalue weighted by Crippen LogP contribution is -2.42. The van der Waals surface area contributed by atoms with Gasteiger partial charge in [-0.05, 0) is 24.8 Å². The van der Waals surface area contributed by atoms with Crippen molar-refractivity contribution >= 4 is 11.9 Å². The van der Waals surface area contributed by atoms with Gasteiger partial charge in [-0.25, -0.2) is 4.79 Å². The molecule has 0 bridgehead atoms. The van der Waals surface area contributed by atoms with Gasteiger partial charge >= 0.3 is 5.97 Å². The lowest BCUT2D eigenvalue weighted by Gasteiger charge is -2.16. The van der Waals surface area contributed by atoms with Crippen LogP contribution >= 0.6 is 0 Å². The van der Waals surface area contributed by atoms with Crippen molar-refractivity contribution in [2.75, 3.05) is 0 Å². The van der Waals surface area contributed by atoms with Gasteiger partial charge in [0.2, 0.25) is 5.91 Å². The highest BCUT2D eigenvalue weighted by atomic mass is 16.4. The molecule has 1 atom stereocenters. The maximum absolute atomic E-state index is 11.8. The van der Waals surface area contributed by atoms with Crippen LogP contribution in [-0.4, -0.2) is 23.0 Å². The Bertz CT molecular complexity index is 437. The molecule has 0 fully saturated rings. The summed E-state index contributed by atoms with van der Waals surface area (Å²) < 4.78 is 0. The molecule has 104 valence electrons. The lowest BCUT2D eigenvalue weighted by molar-refractivity contribution is -0.142. The number of nitrogens with one attached hydrogen (secondary N) is 1. The molecular formula is C15H21NO3. The number of aliphatic carboxylic acids is 1. The Morgan fingerprint density at radius 1 is 1.21 bits per heavy atom. The van der Waals surface area contributed by atoms with E-state index in [9.17, 15) is 9.59 Å². The molecule has 1 unspecified atom stereocenters. The molecule has 0 aromatic heterocycles. The van der Waals surface area contributed by atoms with E-state index in [0.717, 1.165) is 11.1 Å². The SMILES string of the molecule is Cc1ccc(CC(=O)NC(CC(C)C)C(=O)O)cc1. The topological polar surface area (TPSA) is 66.4 Å². The molecule has 0 radical (unpaired) electrons. The number of hydrogen-bond donors (Lipinski definition) is 2. The Labute approximate surface area is 113 Å². The first-order chi connectivity index (χ1) is 8.88. The maximum atomic E-state index is 11.8. The molecule has 4 nitrogen and oxygen atoms in total. The van der Waals surface area contributed by atoms with Gasteiger partial charge in [0.25, 0.3) is 0 Å². The monoisotopic (exact) mass is 263 g/mol. The molecule has 19 heavy (non-hydrogen) atoms. The van der Waals surface area contributed by atoms with Gasteiger partial charge in [0.05, 0.1) is 6.42 Å². The van der Waals surface area contributed by atoms with Crippen LogP contribution in [-0.2, 0) is 16.0 Å². The summed E-state index contributed by atoms with van der Waals surface area (Å²) in [6.07, 6.45) is 0.650. The fraction of sp³-hybridized carbons (Fsp3) is 0.467. The predicted octanol–water partition coefficient (Wildman–Crippen LogP) is 2.15. The molecule has 0 aliphatic rings. The van der Waals surface area contributed by atoms with E-state index in [-0.39, 0.29) is 18.2 Å². The second kappa shape index (κ2) is 6.92. The summed E-state index contributed by atoms with van der Waals surface area (Å²) in [5.41, 5.74) is 2.02. The van der Waals surface area contributed by atoms with Crippen molar-refractivity contribution in [3.63, 3.8) is 0 Å². The number of aryl methyl sites for hydroxylation is 1. The maximum Gasteiger partial charge on any atom is 0.326 e. The van der Waals surface area contributed by atoms with Gasteiger partial charge in [-0.15, -0.1) is 0 Å². The zero-order valence-electron chi connectivity index (χ0n) is 11.6. The molecule has 0 aliphatic heterocycles. The second-order valence-electron chi connectivity index (χ2n) is 5.25. The van der Waals surface area contributed by atoms with Crippen molar-refractivity contribution in [1.29, 1.82) is 0 Å². The van der Waals surface area contributed by atoms with Gasteiger partial charge in [-0.1, -0.05) is 43.7 Å². The van der Waals surface area contributed by atoms with Crippen molar-refractivity contribution in [2.45, 2.75) is 39.7 Å². The summed E-state index contributed by atoms with van der Waals surface area (Å²) >= 11 is 0. The van der Waals surface area contributed by atoms with Crippen LogP contribution < -0.4 is 5.32 Å². The number of carbonyl (C=O) groups excluding carboxylic acids is 1. The molecule has 0 saturated carbocycles. The van der Waals surface area contributed by atoms with E-state index >= 15 is 0 Å². The van der Waals surface area contributed by atoms with Gasteiger partial charge in [0.15, 0.2) is 0 Å². The Kier molecular flexibility index (Phi) is 5.55. The highest BCUT2D eigenvalue weighted by Gasteiger charge is 2.20. The number of amides is 1. The van der Waals surface area contributed by atoms with Gasteiger partial charge < -0.3 is 10.4 Å². The number of carbonyl (C=O) groups is 2. The minimum absolute atomic E-state index is 0.210. The zero-order valence-corrected chi connectivity index (χ0v) is 11.6. The third-order valence-electron chi connectivity index (χ3n) is 2.83. The summed E-state index contributed by atoms with van der Waals surface area (Å²) in [6, 6.07) is 6.83. The predicted molar refractivity (Wildman–Crippen MR) is 73.9 cm³/mol. The molecule has 0 aliphatic carbocycles. The van der Waals surface area contributed by atoms with Gasteiger partial charge in [0.1, 0.15) is 6.04 Å². The standard InChI is InChI=1S/C15H21NO3/c1-10(2)8-13(15(18)19)16-14(17)9-12-6-4-11(3)5-7-12/h4-7,10,13H,8-9H2,1-3H3,(H,16,17)(H,18,19). The van der Waals surface area contributed by atoms with Gasteiger partial charge in [-0.3, -0.25) is 4.79 Å². The highest BCUT2D eigenvalue weighted by Crippen LogP contribution is 2.07. The first-order valence-electron chi connectivity index (χ1n) is 6.46. The lowest BCUT2D eigenvalue weighted by atomic mass is 10.0. The van der Waals surface area contributed by atoms with Crippen LogP contribution in [0.3, 0.4) is 0 Å². The van der Waals surface area contributed by atoms with Crippen LogP contribution in [0.25, 0.3) is 0 Å². The number of rotatable bonds is 6. The largest absolute Gasteiger partial charge is 0.480 e. The minimum atomic E-state index is -0.981. The highest BCUT2D eigenvalue weighted by molar-refractivity contribution is 5.84. The van der Waals surface area contributed by atoms with E-state index < -0.39 is 12.0 Å². The smallest absolute Gasteiger partial charge is 0.326 e. The first-order valence-corrected chi connectivity index (χ1v) is 6.46. The van der Waals surface area contributed by atoms with Crippen LogP contribution in [0.4, 0.5) is 0 Å². The molecule has 2 N–H and O–H groups in total. The number of hydrogen-bond acceptors (Lipinski definition) is 2. The average Bonchev–Trinajstić information content (AvgIpc) is 2.30. The molecule has 1 aromatic carbocycles. The van der Waals surface area contributed by atoms with Crippen molar-refractivity contribution in [2.24, 2.45) is 5.92 Å². The van der Waals surface area contributed by atoms with Crippen LogP contribution in [0.2, 0.25) is 0 Å². The van der Waals surface area contributed by atoms with Crippen LogP contribution in [0.15, 0.2) is 24.3 Å². The fourth-order valence-electron chi connectivity index (χ4n) is 1.83. The summed E-state index contributed by atoms with van der Waals surface area (Å²) in [6.45, 7) is 5.84. The number of benzene rings is 1. The zero-order chi connectivity index (χ0) is 14.4. The third kappa shape index (κ3) is 5.55.